The quantitative estimate of drug-likeness (QED) is 0.734. The maximum atomic E-state index is 12.5. The number of likely N-dealkylation sites (N-methyl/N-ethyl adjacent to an activating group) is 1. The van der Waals surface area contributed by atoms with Crippen LogP contribution in [-0.4, -0.2) is 62.5 Å². The van der Waals surface area contributed by atoms with E-state index in [4.69, 9.17) is 0 Å². The Bertz CT molecular complexity index is 262. The van der Waals surface area contributed by atoms with Crippen molar-refractivity contribution >= 4 is 5.91 Å². The predicted octanol–water partition coefficient (Wildman–Crippen LogP) is 0.888. The lowest BCUT2D eigenvalue weighted by Crippen LogP contribution is -2.51. The van der Waals surface area contributed by atoms with Crippen molar-refractivity contribution in [3.63, 3.8) is 0 Å². The molecule has 0 aromatic carbocycles. The Balaban J connectivity index is 2.53. The molecular formula is C14H29N3O. The molecule has 106 valence electrons. The molecule has 0 radical (unpaired) electrons. The highest BCUT2D eigenvalue weighted by atomic mass is 16.2. The number of hydrogen-bond donors (Lipinski definition) is 1. The third-order valence-electron chi connectivity index (χ3n) is 3.62. The zero-order valence-electron chi connectivity index (χ0n) is 12.6. The Kier molecular flexibility index (Phi) is 6.09. The Morgan fingerprint density at radius 1 is 1.22 bits per heavy atom. The summed E-state index contributed by atoms with van der Waals surface area (Å²) in [5.74, 6) is 1.55. The minimum atomic E-state index is 0.159. The van der Waals surface area contributed by atoms with E-state index >= 15 is 0 Å². The van der Waals surface area contributed by atoms with Crippen molar-refractivity contribution in [2.24, 2.45) is 17.8 Å². The van der Waals surface area contributed by atoms with Crippen LogP contribution in [0.25, 0.3) is 0 Å². The fraction of sp³-hybridized carbons (Fsp3) is 0.929. The molecule has 1 unspecified atom stereocenters. The van der Waals surface area contributed by atoms with E-state index in [0.29, 0.717) is 17.7 Å². The molecule has 1 atom stereocenters. The molecule has 4 nitrogen and oxygen atoms in total. The van der Waals surface area contributed by atoms with Crippen LogP contribution in [-0.2, 0) is 4.79 Å². The highest BCUT2D eigenvalue weighted by Gasteiger charge is 2.31. The normalized spacial score (nSPS) is 17.9. The minimum absolute atomic E-state index is 0.159. The van der Waals surface area contributed by atoms with Crippen molar-refractivity contribution in [1.82, 2.24) is 15.1 Å². The number of hydrogen-bond acceptors (Lipinski definition) is 3. The molecule has 1 fully saturated rings. The van der Waals surface area contributed by atoms with Gasteiger partial charge in [0.2, 0.25) is 5.91 Å². The highest BCUT2D eigenvalue weighted by Crippen LogP contribution is 2.19. The van der Waals surface area contributed by atoms with Gasteiger partial charge in [0.05, 0.1) is 0 Å². The first-order chi connectivity index (χ1) is 8.41. The zero-order valence-corrected chi connectivity index (χ0v) is 12.6. The van der Waals surface area contributed by atoms with Crippen LogP contribution in [0.15, 0.2) is 0 Å². The Hall–Kier alpha value is -0.610. The second kappa shape index (κ2) is 7.10. The maximum absolute atomic E-state index is 12.5. The van der Waals surface area contributed by atoms with Gasteiger partial charge in [0.15, 0.2) is 0 Å². The largest absolute Gasteiger partial charge is 0.341 e. The average Bonchev–Trinajstić information content (AvgIpc) is 2.19. The van der Waals surface area contributed by atoms with Gasteiger partial charge in [-0.3, -0.25) is 4.79 Å². The van der Waals surface area contributed by atoms with Crippen molar-refractivity contribution in [1.29, 1.82) is 0 Å². The van der Waals surface area contributed by atoms with E-state index in [0.717, 1.165) is 32.7 Å². The Morgan fingerprint density at radius 2 is 1.83 bits per heavy atom. The van der Waals surface area contributed by atoms with Crippen molar-refractivity contribution in [3.8, 4) is 0 Å². The van der Waals surface area contributed by atoms with Gasteiger partial charge in [-0.25, -0.2) is 0 Å². The Labute approximate surface area is 112 Å². The molecule has 1 heterocycles. The lowest BCUT2D eigenvalue weighted by atomic mass is 9.87. The van der Waals surface area contributed by atoms with Gasteiger partial charge in [-0.1, -0.05) is 20.8 Å². The van der Waals surface area contributed by atoms with Crippen molar-refractivity contribution < 1.29 is 4.79 Å². The molecule has 0 aliphatic carbocycles. The van der Waals surface area contributed by atoms with Gasteiger partial charge in [-0.15, -0.1) is 0 Å². The average molecular weight is 255 g/mol. The second-order valence-corrected chi connectivity index (χ2v) is 6.19. The number of carbonyl (C=O) groups is 1. The topological polar surface area (TPSA) is 35.6 Å². The molecule has 1 rings (SSSR count). The SMILES string of the molecule is CC(C)CN(CCN(C)C)C(=O)C(C)C1CNC1. The first kappa shape index (κ1) is 15.4. The summed E-state index contributed by atoms with van der Waals surface area (Å²) in [4.78, 5) is 16.7. The van der Waals surface area contributed by atoms with Crippen LogP contribution < -0.4 is 5.32 Å². The number of amides is 1. The fourth-order valence-corrected chi connectivity index (χ4v) is 2.21. The standard InChI is InChI=1S/C14H29N3O/c1-11(2)10-17(7-6-16(4)5)14(18)12(3)13-8-15-9-13/h11-13,15H,6-10H2,1-5H3. The van der Waals surface area contributed by atoms with Gasteiger partial charge in [-0.2, -0.15) is 0 Å². The smallest absolute Gasteiger partial charge is 0.225 e. The second-order valence-electron chi connectivity index (χ2n) is 6.19. The van der Waals surface area contributed by atoms with E-state index in [-0.39, 0.29) is 5.92 Å². The van der Waals surface area contributed by atoms with E-state index in [9.17, 15) is 4.79 Å². The molecule has 1 aliphatic heterocycles. The first-order valence-electron chi connectivity index (χ1n) is 7.06. The molecule has 1 saturated heterocycles. The van der Waals surface area contributed by atoms with E-state index in [1.54, 1.807) is 0 Å². The summed E-state index contributed by atoms with van der Waals surface area (Å²) in [7, 11) is 4.11. The summed E-state index contributed by atoms with van der Waals surface area (Å²) < 4.78 is 0. The molecule has 4 heteroatoms. The summed E-state index contributed by atoms with van der Waals surface area (Å²) >= 11 is 0. The maximum Gasteiger partial charge on any atom is 0.225 e. The fourth-order valence-electron chi connectivity index (χ4n) is 2.21. The molecule has 1 aliphatic rings. The molecule has 0 aromatic heterocycles. The van der Waals surface area contributed by atoms with E-state index in [2.05, 4.69) is 45.1 Å². The molecule has 1 amide bonds. The van der Waals surface area contributed by atoms with Gasteiger partial charge in [-0.05, 0) is 39.0 Å². The third-order valence-corrected chi connectivity index (χ3v) is 3.62. The van der Waals surface area contributed by atoms with Crippen LogP contribution in [0, 0.1) is 17.8 Å². The van der Waals surface area contributed by atoms with Gasteiger partial charge in [0, 0.05) is 25.6 Å². The minimum Gasteiger partial charge on any atom is -0.341 e. The van der Waals surface area contributed by atoms with Gasteiger partial charge < -0.3 is 15.1 Å². The highest BCUT2D eigenvalue weighted by molar-refractivity contribution is 5.79. The van der Waals surface area contributed by atoms with Gasteiger partial charge in [0.25, 0.3) is 0 Å². The molecular weight excluding hydrogens is 226 g/mol. The predicted molar refractivity (Wildman–Crippen MR) is 75.5 cm³/mol. The lowest BCUT2D eigenvalue weighted by Gasteiger charge is -2.36. The van der Waals surface area contributed by atoms with Crippen LogP contribution in [0.1, 0.15) is 20.8 Å². The van der Waals surface area contributed by atoms with Crippen LogP contribution in [0.2, 0.25) is 0 Å². The number of carbonyl (C=O) groups excluding carboxylic acids is 1. The van der Waals surface area contributed by atoms with Crippen molar-refractivity contribution in [2.45, 2.75) is 20.8 Å². The number of nitrogens with zero attached hydrogens (tertiary/aromatic N) is 2. The summed E-state index contributed by atoms with van der Waals surface area (Å²) in [6, 6.07) is 0. The molecule has 0 spiro atoms. The number of nitrogens with one attached hydrogen (secondary N) is 1. The van der Waals surface area contributed by atoms with Crippen LogP contribution in [0.3, 0.4) is 0 Å². The monoisotopic (exact) mass is 255 g/mol. The van der Waals surface area contributed by atoms with Crippen LogP contribution in [0.5, 0.6) is 0 Å². The van der Waals surface area contributed by atoms with Crippen molar-refractivity contribution in [3.05, 3.63) is 0 Å². The van der Waals surface area contributed by atoms with Gasteiger partial charge >= 0.3 is 0 Å². The molecule has 18 heavy (non-hydrogen) atoms. The van der Waals surface area contributed by atoms with Crippen LogP contribution >= 0.6 is 0 Å². The van der Waals surface area contributed by atoms with E-state index in [1.807, 2.05) is 4.90 Å². The van der Waals surface area contributed by atoms with Crippen LogP contribution in [0.4, 0.5) is 0 Å². The third kappa shape index (κ3) is 4.58. The van der Waals surface area contributed by atoms with Crippen molar-refractivity contribution in [2.75, 3.05) is 46.8 Å². The number of rotatable bonds is 7. The first-order valence-corrected chi connectivity index (χ1v) is 7.06. The lowest BCUT2D eigenvalue weighted by molar-refractivity contribution is -0.138. The summed E-state index contributed by atoms with van der Waals surface area (Å²) in [6.45, 7) is 11.1. The molecule has 0 saturated carbocycles. The van der Waals surface area contributed by atoms with E-state index in [1.165, 1.54) is 0 Å². The van der Waals surface area contributed by atoms with Gasteiger partial charge in [0.1, 0.15) is 0 Å². The van der Waals surface area contributed by atoms with E-state index < -0.39 is 0 Å². The summed E-state index contributed by atoms with van der Waals surface area (Å²) in [5, 5.41) is 3.25. The summed E-state index contributed by atoms with van der Waals surface area (Å²) in [6.07, 6.45) is 0. The zero-order chi connectivity index (χ0) is 13.7. The summed E-state index contributed by atoms with van der Waals surface area (Å²) in [5.41, 5.74) is 0. The molecule has 1 N–H and O–H groups in total. The molecule has 0 aromatic rings. The molecule has 0 bridgehead atoms. The Morgan fingerprint density at radius 3 is 2.22 bits per heavy atom.